The molecule has 2 unspecified atom stereocenters. The van der Waals surface area contributed by atoms with Crippen LogP contribution in [0.5, 0.6) is 0 Å². The third-order valence-electron chi connectivity index (χ3n) is 12.6. The zero-order valence-corrected chi connectivity index (χ0v) is 36.2. The Bertz CT molecular complexity index is 1520. The summed E-state index contributed by atoms with van der Waals surface area (Å²) in [7, 11) is -3.34. The van der Waals surface area contributed by atoms with Crippen LogP contribution in [0.1, 0.15) is 129 Å². The minimum absolute atomic E-state index is 0.0511. The van der Waals surface area contributed by atoms with Crippen molar-refractivity contribution in [2.24, 2.45) is 0 Å². The lowest BCUT2D eigenvalue weighted by molar-refractivity contribution is -0.118. The summed E-state index contributed by atoms with van der Waals surface area (Å²) >= 11 is 0. The number of para-hydroxylation sites is 2. The fourth-order valence-corrected chi connectivity index (χ4v) is 15.0. The second kappa shape index (κ2) is 22.1. The number of nitrogens with one attached hydrogen (secondary N) is 2. The molecule has 2 aromatic carbocycles. The molecule has 2 amide bonds. The van der Waals surface area contributed by atoms with Gasteiger partial charge in [-0.3, -0.25) is 9.59 Å². The molecule has 0 radical (unpaired) electrons. The van der Waals surface area contributed by atoms with Crippen molar-refractivity contribution in [3.05, 3.63) is 96.4 Å². The summed E-state index contributed by atoms with van der Waals surface area (Å²) < 4.78 is 12.5. The van der Waals surface area contributed by atoms with Gasteiger partial charge in [-0.25, -0.2) is 0 Å². The van der Waals surface area contributed by atoms with Crippen molar-refractivity contribution in [1.82, 2.24) is 0 Å². The van der Waals surface area contributed by atoms with Gasteiger partial charge >= 0.3 is 0 Å². The Morgan fingerprint density at radius 2 is 0.815 bits per heavy atom. The highest BCUT2D eigenvalue weighted by Gasteiger charge is 2.35. The lowest BCUT2D eigenvalue weighted by atomic mass is 9.93. The molecule has 2 atom stereocenters. The number of amides is 2. The molecule has 6 nitrogen and oxygen atoms in total. The maximum absolute atomic E-state index is 13.6. The van der Waals surface area contributed by atoms with E-state index in [1.165, 1.54) is 25.7 Å². The second-order valence-corrected chi connectivity index (χ2v) is 25.7. The number of unbranched alkanes of at least 4 members (excludes halogenated alkanes) is 7. The van der Waals surface area contributed by atoms with Crippen LogP contribution in [0.3, 0.4) is 0 Å². The van der Waals surface area contributed by atoms with Gasteiger partial charge in [0.1, 0.15) is 16.1 Å². The zero-order valence-electron chi connectivity index (χ0n) is 34.2. The van der Waals surface area contributed by atoms with Crippen molar-refractivity contribution in [1.29, 1.82) is 0 Å². The second-order valence-electron chi connectivity index (χ2n) is 15.4. The van der Waals surface area contributed by atoms with Crippen molar-refractivity contribution >= 4 is 50.1 Å². The highest BCUT2D eigenvalue weighted by atomic mass is 28.3. The maximum Gasteiger partial charge on any atom is 0.232 e. The Morgan fingerprint density at radius 1 is 0.500 bits per heavy atom. The van der Waals surface area contributed by atoms with Crippen molar-refractivity contribution in [3.8, 4) is 0 Å². The Labute approximate surface area is 328 Å². The van der Waals surface area contributed by atoms with E-state index in [1.54, 1.807) is 0 Å². The molecule has 0 bridgehead atoms. The van der Waals surface area contributed by atoms with Crippen LogP contribution in [0.2, 0.25) is 36.3 Å². The molecule has 2 N–H and O–H groups in total. The molecule has 54 heavy (non-hydrogen) atoms. The van der Waals surface area contributed by atoms with Gasteiger partial charge < -0.3 is 19.5 Å². The summed E-state index contributed by atoms with van der Waals surface area (Å²) in [6, 6.07) is 30.9. The molecule has 0 saturated carbocycles. The third kappa shape index (κ3) is 11.4. The number of benzene rings is 2. The van der Waals surface area contributed by atoms with Crippen molar-refractivity contribution in [2.75, 3.05) is 10.6 Å². The number of carbonyl (C=O) groups is 2. The number of hydrogen-bond donors (Lipinski definition) is 2. The first-order valence-corrected chi connectivity index (χ1v) is 26.4. The quantitative estimate of drug-likeness (QED) is 0.0519. The smallest absolute Gasteiger partial charge is 0.232 e. The third-order valence-corrected chi connectivity index (χ3v) is 23.3. The van der Waals surface area contributed by atoms with Gasteiger partial charge in [-0.05, 0) is 49.2 Å². The molecular weight excluding hydrogens is 701 g/mol. The Hall–Kier alpha value is -3.63. The first-order valence-electron chi connectivity index (χ1n) is 21.2. The summed E-state index contributed by atoms with van der Waals surface area (Å²) in [6.45, 7) is 13.7. The molecule has 0 aliphatic heterocycles. The van der Waals surface area contributed by atoms with Crippen LogP contribution in [-0.2, 0) is 9.59 Å². The monoisotopic (exact) mass is 768 g/mol. The van der Waals surface area contributed by atoms with E-state index in [0.29, 0.717) is 0 Å². The lowest BCUT2D eigenvalue weighted by Crippen LogP contribution is -2.44. The first-order chi connectivity index (χ1) is 26.3. The molecule has 0 spiro atoms. The van der Waals surface area contributed by atoms with Crippen LogP contribution in [0.4, 0.5) is 11.4 Å². The summed E-state index contributed by atoms with van der Waals surface area (Å²) in [5.74, 6) is -0.337. The molecule has 2 heterocycles. The highest BCUT2D eigenvalue weighted by molar-refractivity contribution is 6.91. The molecule has 0 fully saturated rings. The van der Waals surface area contributed by atoms with Crippen LogP contribution in [0, 0.1) is 0 Å². The predicted molar refractivity (Wildman–Crippen MR) is 233 cm³/mol. The highest BCUT2D eigenvalue weighted by Crippen LogP contribution is 2.30. The number of hydrogen-bond acceptors (Lipinski definition) is 4. The Balaban J connectivity index is 1.27. The number of anilines is 2. The molecule has 4 rings (SSSR count). The summed E-state index contributed by atoms with van der Waals surface area (Å²) in [4.78, 5) is 27.3. The van der Waals surface area contributed by atoms with Gasteiger partial charge in [-0.15, -0.1) is 0 Å². The normalized spacial score (nSPS) is 13.1. The fourth-order valence-electron chi connectivity index (χ4n) is 8.33. The topological polar surface area (TPSA) is 84.5 Å². The largest absolute Gasteiger partial charge is 0.474 e. The van der Waals surface area contributed by atoms with Crippen LogP contribution in [0.15, 0.2) is 94.2 Å². The Morgan fingerprint density at radius 3 is 1.13 bits per heavy atom. The average Bonchev–Trinajstić information content (AvgIpc) is 3.90. The minimum Gasteiger partial charge on any atom is -0.474 e. The molecular formula is C46H68N2O4Si2. The van der Waals surface area contributed by atoms with E-state index < -0.39 is 16.1 Å². The van der Waals surface area contributed by atoms with Gasteiger partial charge in [0.05, 0.1) is 35.1 Å². The van der Waals surface area contributed by atoms with E-state index in [2.05, 4.69) is 64.3 Å². The van der Waals surface area contributed by atoms with Gasteiger partial charge in [-0.2, -0.15) is 0 Å². The zero-order chi connectivity index (χ0) is 38.8. The molecule has 0 aliphatic carbocycles. The van der Waals surface area contributed by atoms with Gasteiger partial charge in [-0.1, -0.05) is 166 Å². The van der Waals surface area contributed by atoms with Crippen molar-refractivity contribution in [2.45, 2.75) is 154 Å². The van der Waals surface area contributed by atoms with E-state index in [0.717, 1.165) is 108 Å². The van der Waals surface area contributed by atoms with Crippen LogP contribution in [0.25, 0.3) is 0 Å². The summed E-state index contributed by atoms with van der Waals surface area (Å²) in [5, 5.41) is 8.63. The average molecular weight is 769 g/mol. The number of furan rings is 2. The molecule has 8 heteroatoms. The van der Waals surface area contributed by atoms with Gasteiger partial charge in [0.15, 0.2) is 0 Å². The molecule has 0 aliphatic rings. The van der Waals surface area contributed by atoms with Crippen LogP contribution < -0.4 is 21.4 Å². The van der Waals surface area contributed by atoms with Gasteiger partial charge in [0, 0.05) is 22.5 Å². The van der Waals surface area contributed by atoms with Crippen LogP contribution >= 0.6 is 0 Å². The number of rotatable bonds is 25. The predicted octanol–water partition coefficient (Wildman–Crippen LogP) is 12.3. The molecule has 4 aromatic rings. The molecule has 294 valence electrons. The Kier molecular flexibility index (Phi) is 17.6. The standard InChI is InChI=1S/C46H68N2O4Si2/c1-7-53(8-2,9-3)43-33-37(35-51-43)41(45(49)47-39-27-21-19-22-28-39)31-25-17-15-13-14-16-18-26-32-42(46(50)48-40-29-23-20-24-30-40)38-34-44(52-36-38)54(10-4,11-5)12-6/h19-24,27-30,33-36,41-42H,7-18,25-26,31-32H2,1-6H3,(H,47,49)(H,48,50). The van der Waals surface area contributed by atoms with Gasteiger partial charge in [0.25, 0.3) is 0 Å². The van der Waals surface area contributed by atoms with E-state index in [-0.39, 0.29) is 23.7 Å². The lowest BCUT2D eigenvalue weighted by Gasteiger charge is -2.24. The number of carbonyl (C=O) groups excluding carboxylic acids is 2. The SMILES string of the molecule is CC[Si](CC)(CC)c1cc(C(CCCCCCCCCCC(C(=O)Nc2ccccc2)c2coc([Si](CC)(CC)CC)c2)C(=O)Nc2ccccc2)co1. The van der Waals surface area contributed by atoms with E-state index in [9.17, 15) is 9.59 Å². The van der Waals surface area contributed by atoms with Crippen molar-refractivity contribution in [3.63, 3.8) is 0 Å². The minimum atomic E-state index is -1.67. The van der Waals surface area contributed by atoms with E-state index in [1.807, 2.05) is 73.2 Å². The van der Waals surface area contributed by atoms with Gasteiger partial charge in [0.2, 0.25) is 11.8 Å². The molecule has 2 aromatic heterocycles. The summed E-state index contributed by atoms with van der Waals surface area (Å²) in [5.41, 5.74) is 3.72. The van der Waals surface area contributed by atoms with E-state index >= 15 is 0 Å². The van der Waals surface area contributed by atoms with E-state index in [4.69, 9.17) is 8.83 Å². The maximum atomic E-state index is 13.6. The fraction of sp³-hybridized carbons (Fsp3) is 0.522. The first kappa shape index (κ1) is 43.1. The molecule has 0 saturated heterocycles. The summed E-state index contributed by atoms with van der Waals surface area (Å²) in [6.07, 6.45) is 14.3. The van der Waals surface area contributed by atoms with Crippen molar-refractivity contribution < 1.29 is 18.4 Å². The van der Waals surface area contributed by atoms with Crippen LogP contribution in [-0.4, -0.2) is 28.0 Å².